The molecule has 8 heteroatoms. The second-order valence-electron chi connectivity index (χ2n) is 6.78. The summed E-state index contributed by atoms with van der Waals surface area (Å²) in [4.78, 5) is 44.9. The van der Waals surface area contributed by atoms with Gasteiger partial charge in [0.15, 0.2) is 0 Å². The first kappa shape index (κ1) is 30.1. The van der Waals surface area contributed by atoms with Crippen molar-refractivity contribution in [1.82, 2.24) is 15.5 Å². The summed E-state index contributed by atoms with van der Waals surface area (Å²) < 4.78 is 0. The Labute approximate surface area is 201 Å². The molecule has 184 valence electrons. The van der Waals surface area contributed by atoms with Crippen LogP contribution in [0.2, 0.25) is 0 Å². The van der Waals surface area contributed by atoms with Crippen molar-refractivity contribution in [3.63, 3.8) is 0 Å². The Bertz CT molecular complexity index is 889. The summed E-state index contributed by atoms with van der Waals surface area (Å²) in [6.07, 6.45) is 9.46. The average Bonchev–Trinajstić information content (AvgIpc) is 2.99. The van der Waals surface area contributed by atoms with E-state index in [1.807, 2.05) is 50.3 Å². The van der Waals surface area contributed by atoms with Gasteiger partial charge >= 0.3 is 0 Å². The zero-order chi connectivity index (χ0) is 25.8. The van der Waals surface area contributed by atoms with Gasteiger partial charge in [-0.2, -0.15) is 0 Å². The number of nitrogens with one attached hydrogen (secondary N) is 2. The predicted molar refractivity (Wildman–Crippen MR) is 134 cm³/mol. The molecule has 0 fully saturated rings. The molecular weight excluding hydrogens is 434 g/mol. The predicted octanol–water partition coefficient (Wildman–Crippen LogP) is 2.78. The molecule has 1 heterocycles. The van der Waals surface area contributed by atoms with E-state index in [2.05, 4.69) is 36.3 Å². The van der Waals surface area contributed by atoms with Gasteiger partial charge in [-0.05, 0) is 31.1 Å². The van der Waals surface area contributed by atoms with Gasteiger partial charge in [0.25, 0.3) is 12.4 Å². The number of carbonyl (C=O) groups excluding carboxylic acids is 3. The van der Waals surface area contributed by atoms with Crippen molar-refractivity contribution in [3.05, 3.63) is 84.0 Å². The molecule has 0 aromatic heterocycles. The van der Waals surface area contributed by atoms with Crippen LogP contribution in [0, 0.1) is 6.92 Å². The molecule has 0 saturated carbocycles. The van der Waals surface area contributed by atoms with E-state index < -0.39 is 0 Å². The van der Waals surface area contributed by atoms with Crippen LogP contribution in [-0.4, -0.2) is 60.4 Å². The lowest BCUT2D eigenvalue weighted by atomic mass is 10.1. The van der Waals surface area contributed by atoms with Crippen LogP contribution < -0.4 is 10.6 Å². The van der Waals surface area contributed by atoms with Gasteiger partial charge < -0.3 is 20.6 Å². The quantitative estimate of drug-likeness (QED) is 0.337. The van der Waals surface area contributed by atoms with E-state index in [4.69, 9.17) is 9.90 Å². The highest BCUT2D eigenvalue weighted by Gasteiger charge is 2.29. The number of allylic oxidation sites excluding steroid dienone is 3. The fraction of sp³-hybridized carbons (Fsp3) is 0.308. The highest BCUT2D eigenvalue weighted by Crippen LogP contribution is 2.24. The van der Waals surface area contributed by atoms with Crippen LogP contribution in [0.25, 0.3) is 0 Å². The Morgan fingerprint density at radius 3 is 2.29 bits per heavy atom. The van der Waals surface area contributed by atoms with Gasteiger partial charge in [0.05, 0.1) is 0 Å². The van der Waals surface area contributed by atoms with Gasteiger partial charge in [-0.3, -0.25) is 19.2 Å². The van der Waals surface area contributed by atoms with Crippen LogP contribution in [-0.2, 0) is 19.2 Å². The number of rotatable bonds is 6. The SMILES string of the molecule is C=CC(=O)NCCNC(=O)CN1CC2=C(C=CC=CC2)C1=O.CC.Cc1ccccc1.O=CO. The molecule has 0 unspecified atom stereocenters. The van der Waals surface area contributed by atoms with Crippen LogP contribution in [0.15, 0.2) is 78.4 Å². The molecule has 1 aromatic carbocycles. The van der Waals surface area contributed by atoms with Crippen molar-refractivity contribution in [2.24, 2.45) is 0 Å². The maximum absolute atomic E-state index is 12.2. The molecule has 1 aliphatic carbocycles. The number of nitrogens with zero attached hydrogens (tertiary/aromatic N) is 1. The minimum atomic E-state index is -0.281. The molecule has 0 bridgehead atoms. The molecule has 3 rings (SSSR count). The number of carboxylic acid groups (broad SMARTS) is 1. The van der Waals surface area contributed by atoms with Crippen LogP contribution in [0.1, 0.15) is 25.8 Å². The maximum atomic E-state index is 12.2. The summed E-state index contributed by atoms with van der Waals surface area (Å²) in [7, 11) is 0. The van der Waals surface area contributed by atoms with Gasteiger partial charge in [-0.1, -0.05) is 74.5 Å². The first-order chi connectivity index (χ1) is 16.4. The van der Waals surface area contributed by atoms with Gasteiger partial charge in [0.2, 0.25) is 11.8 Å². The van der Waals surface area contributed by atoms with E-state index in [1.165, 1.54) is 16.5 Å². The highest BCUT2D eigenvalue weighted by molar-refractivity contribution is 6.01. The Morgan fingerprint density at radius 2 is 1.74 bits per heavy atom. The molecule has 8 nitrogen and oxygen atoms in total. The monoisotopic (exact) mass is 469 g/mol. The largest absolute Gasteiger partial charge is 0.483 e. The first-order valence-corrected chi connectivity index (χ1v) is 11.0. The first-order valence-electron chi connectivity index (χ1n) is 11.0. The van der Waals surface area contributed by atoms with E-state index in [0.29, 0.717) is 25.2 Å². The lowest BCUT2D eigenvalue weighted by Crippen LogP contribution is -2.41. The number of benzene rings is 1. The molecule has 2 aliphatic rings. The second kappa shape index (κ2) is 18.6. The molecule has 3 amide bonds. The van der Waals surface area contributed by atoms with E-state index in [1.54, 1.807) is 6.08 Å². The average molecular weight is 470 g/mol. The molecular formula is C26H35N3O5. The lowest BCUT2D eigenvalue weighted by molar-refractivity contribution is -0.131. The Morgan fingerprint density at radius 1 is 1.12 bits per heavy atom. The third kappa shape index (κ3) is 12.2. The van der Waals surface area contributed by atoms with Crippen LogP contribution in [0.4, 0.5) is 0 Å². The summed E-state index contributed by atoms with van der Waals surface area (Å²) in [5.41, 5.74) is 3.06. The van der Waals surface area contributed by atoms with Crippen molar-refractivity contribution in [3.8, 4) is 0 Å². The van der Waals surface area contributed by atoms with Crippen molar-refractivity contribution in [2.75, 3.05) is 26.2 Å². The molecule has 34 heavy (non-hydrogen) atoms. The Balaban J connectivity index is 0.000000750. The maximum Gasteiger partial charge on any atom is 0.290 e. The molecule has 0 atom stereocenters. The summed E-state index contributed by atoms with van der Waals surface area (Å²) in [6, 6.07) is 10.3. The molecule has 3 N–H and O–H groups in total. The van der Waals surface area contributed by atoms with Crippen molar-refractivity contribution in [2.45, 2.75) is 27.2 Å². The van der Waals surface area contributed by atoms with Crippen molar-refractivity contribution < 1.29 is 24.3 Å². The second-order valence-corrected chi connectivity index (χ2v) is 6.78. The summed E-state index contributed by atoms with van der Waals surface area (Å²) in [6.45, 7) is 10.3. The molecule has 0 spiro atoms. The fourth-order valence-electron chi connectivity index (χ4n) is 2.86. The minimum absolute atomic E-state index is 0.0266. The number of hydrogen-bond donors (Lipinski definition) is 3. The van der Waals surface area contributed by atoms with Crippen molar-refractivity contribution >= 4 is 24.2 Å². The van der Waals surface area contributed by atoms with Crippen LogP contribution in [0.3, 0.4) is 0 Å². The van der Waals surface area contributed by atoms with Crippen LogP contribution >= 0.6 is 0 Å². The smallest absolute Gasteiger partial charge is 0.290 e. The molecule has 0 radical (unpaired) electrons. The highest BCUT2D eigenvalue weighted by atomic mass is 16.3. The molecule has 0 saturated heterocycles. The van der Waals surface area contributed by atoms with Gasteiger partial charge in [0, 0.05) is 25.2 Å². The number of aryl methyl sites for hydroxylation is 1. The fourth-order valence-corrected chi connectivity index (χ4v) is 2.86. The summed E-state index contributed by atoms with van der Waals surface area (Å²) in [5, 5.41) is 12.1. The molecule has 1 aromatic rings. The van der Waals surface area contributed by atoms with E-state index in [0.717, 1.165) is 12.0 Å². The van der Waals surface area contributed by atoms with Crippen LogP contribution in [0.5, 0.6) is 0 Å². The van der Waals surface area contributed by atoms with E-state index in [-0.39, 0.29) is 30.7 Å². The summed E-state index contributed by atoms with van der Waals surface area (Å²) >= 11 is 0. The third-order valence-electron chi connectivity index (χ3n) is 4.36. The Kier molecular flexibility index (Phi) is 16.5. The topological polar surface area (TPSA) is 116 Å². The number of carbonyl (C=O) groups is 4. The van der Waals surface area contributed by atoms with Crippen molar-refractivity contribution in [1.29, 1.82) is 0 Å². The normalized spacial score (nSPS) is 12.9. The standard InChI is InChI=1S/C16H19N3O3.C7H8.C2H6.CH2O2/c1-2-14(20)17-8-9-18-15(21)11-19-10-12-6-4-3-5-7-13(12)16(19)22;1-7-5-3-2-4-6-7;1-2;2-1-3/h2-5,7H,1,6,8-11H2,(H,17,20)(H,18,21);2-6H,1H3;1-2H3;1H,(H,2,3). The lowest BCUT2D eigenvalue weighted by Gasteiger charge is -2.16. The minimum Gasteiger partial charge on any atom is -0.483 e. The number of amides is 3. The number of hydrogen-bond acceptors (Lipinski definition) is 4. The zero-order valence-electron chi connectivity index (χ0n) is 20.1. The third-order valence-corrected chi connectivity index (χ3v) is 4.36. The van der Waals surface area contributed by atoms with E-state index >= 15 is 0 Å². The zero-order valence-corrected chi connectivity index (χ0v) is 20.1. The van der Waals surface area contributed by atoms with E-state index in [9.17, 15) is 14.4 Å². The van der Waals surface area contributed by atoms with Gasteiger partial charge in [0.1, 0.15) is 6.54 Å². The van der Waals surface area contributed by atoms with Gasteiger partial charge in [-0.15, -0.1) is 0 Å². The molecule has 1 aliphatic heterocycles. The van der Waals surface area contributed by atoms with Gasteiger partial charge in [-0.25, -0.2) is 0 Å². The Hall–Kier alpha value is -3.94. The summed E-state index contributed by atoms with van der Waals surface area (Å²) in [5.74, 6) is -0.625.